The van der Waals surface area contributed by atoms with E-state index in [2.05, 4.69) is 15.0 Å². The molecule has 0 fully saturated rings. The summed E-state index contributed by atoms with van der Waals surface area (Å²) in [5.74, 6) is 0.645. The monoisotopic (exact) mass is 257 g/mol. The maximum Gasteiger partial charge on any atom is 0.259 e. The van der Waals surface area contributed by atoms with Crippen molar-refractivity contribution in [1.82, 2.24) is 15.0 Å². The summed E-state index contributed by atoms with van der Waals surface area (Å²) in [7, 11) is 0. The van der Waals surface area contributed by atoms with Crippen molar-refractivity contribution < 1.29 is 0 Å². The van der Waals surface area contributed by atoms with Crippen molar-refractivity contribution in [3.8, 4) is 10.4 Å². The fourth-order valence-electron chi connectivity index (χ4n) is 2.02. The van der Waals surface area contributed by atoms with Crippen molar-refractivity contribution in [2.24, 2.45) is 0 Å². The molecule has 0 aliphatic carbocycles. The van der Waals surface area contributed by atoms with Crippen LogP contribution >= 0.6 is 11.3 Å². The smallest absolute Gasteiger partial charge is 0.259 e. The zero-order valence-electron chi connectivity index (χ0n) is 10.0. The number of aromatic amines is 1. The fraction of sp³-hybridized carbons (Fsp3) is 0.154. The minimum atomic E-state index is -0.0682. The van der Waals surface area contributed by atoms with Crippen LogP contribution in [-0.2, 0) is 0 Å². The molecule has 0 radical (unpaired) electrons. The summed E-state index contributed by atoms with van der Waals surface area (Å²) in [4.78, 5) is 25.0. The third-order valence-electron chi connectivity index (χ3n) is 2.84. The van der Waals surface area contributed by atoms with Gasteiger partial charge >= 0.3 is 0 Å². The van der Waals surface area contributed by atoms with E-state index in [1.54, 1.807) is 19.3 Å². The molecule has 3 aromatic heterocycles. The molecule has 0 spiro atoms. The second-order valence-corrected chi connectivity index (χ2v) is 5.13. The average Bonchev–Trinajstić information content (AvgIpc) is 2.67. The van der Waals surface area contributed by atoms with Crippen LogP contribution in [0.15, 0.2) is 29.3 Å². The number of fused-ring (bicyclic) bond motifs is 1. The molecule has 0 aromatic carbocycles. The van der Waals surface area contributed by atoms with Gasteiger partial charge in [-0.1, -0.05) is 6.07 Å². The molecular formula is C13H11N3OS. The highest BCUT2D eigenvalue weighted by molar-refractivity contribution is 7.22. The second kappa shape index (κ2) is 4.03. The molecule has 0 atom stereocenters. The number of rotatable bonds is 1. The summed E-state index contributed by atoms with van der Waals surface area (Å²) >= 11 is 1.53. The fourth-order valence-corrected chi connectivity index (χ4v) is 3.24. The zero-order valence-corrected chi connectivity index (χ0v) is 10.8. The van der Waals surface area contributed by atoms with Crippen molar-refractivity contribution >= 4 is 21.6 Å². The topological polar surface area (TPSA) is 58.6 Å². The molecule has 0 bridgehead atoms. The second-order valence-electron chi connectivity index (χ2n) is 4.13. The van der Waals surface area contributed by atoms with Gasteiger partial charge in [-0.3, -0.25) is 9.78 Å². The Morgan fingerprint density at radius 3 is 2.89 bits per heavy atom. The first-order valence-corrected chi connectivity index (χ1v) is 6.39. The van der Waals surface area contributed by atoms with Crippen LogP contribution in [0.5, 0.6) is 0 Å². The summed E-state index contributed by atoms with van der Waals surface area (Å²) < 4.78 is 0. The quantitative estimate of drug-likeness (QED) is 0.729. The largest absolute Gasteiger partial charge is 0.310 e. The van der Waals surface area contributed by atoms with Crippen molar-refractivity contribution in [3.05, 3.63) is 46.3 Å². The first-order chi connectivity index (χ1) is 8.66. The average molecular weight is 257 g/mol. The van der Waals surface area contributed by atoms with Gasteiger partial charge in [-0.25, -0.2) is 4.98 Å². The van der Waals surface area contributed by atoms with E-state index in [4.69, 9.17) is 0 Å². The van der Waals surface area contributed by atoms with Crippen molar-refractivity contribution in [1.29, 1.82) is 0 Å². The Bertz CT molecular complexity index is 774. The van der Waals surface area contributed by atoms with Crippen LogP contribution in [0, 0.1) is 13.8 Å². The van der Waals surface area contributed by atoms with Crippen molar-refractivity contribution in [3.63, 3.8) is 0 Å². The molecular weight excluding hydrogens is 246 g/mol. The number of nitrogens with one attached hydrogen (secondary N) is 1. The third kappa shape index (κ3) is 1.64. The Labute approximate surface area is 107 Å². The SMILES string of the molecule is Cc1nc2sc(-c3cccnc3)c(C)c2c(=O)[nH]1. The number of hydrogen-bond donors (Lipinski definition) is 1. The molecule has 90 valence electrons. The number of aromatic nitrogens is 3. The Morgan fingerprint density at radius 1 is 1.33 bits per heavy atom. The highest BCUT2D eigenvalue weighted by Gasteiger charge is 2.14. The molecule has 0 unspecified atom stereocenters. The van der Waals surface area contributed by atoms with E-state index in [0.29, 0.717) is 11.2 Å². The molecule has 3 rings (SSSR count). The number of thiophene rings is 1. The van der Waals surface area contributed by atoms with E-state index in [0.717, 1.165) is 20.8 Å². The lowest BCUT2D eigenvalue weighted by Gasteiger charge is -1.97. The molecule has 0 saturated carbocycles. The Balaban J connectivity index is 2.37. The van der Waals surface area contributed by atoms with Gasteiger partial charge in [0.1, 0.15) is 10.7 Å². The highest BCUT2D eigenvalue weighted by atomic mass is 32.1. The Kier molecular flexibility index (Phi) is 2.48. The van der Waals surface area contributed by atoms with E-state index in [1.165, 1.54) is 11.3 Å². The number of pyridine rings is 1. The van der Waals surface area contributed by atoms with Gasteiger partial charge < -0.3 is 4.98 Å². The number of nitrogens with zero attached hydrogens (tertiary/aromatic N) is 2. The van der Waals surface area contributed by atoms with Gasteiger partial charge in [0.05, 0.1) is 5.39 Å². The number of aryl methyl sites for hydroxylation is 2. The minimum Gasteiger partial charge on any atom is -0.310 e. The predicted molar refractivity (Wildman–Crippen MR) is 72.9 cm³/mol. The van der Waals surface area contributed by atoms with Crippen LogP contribution in [0.3, 0.4) is 0 Å². The zero-order chi connectivity index (χ0) is 12.7. The molecule has 3 aromatic rings. The van der Waals surface area contributed by atoms with Gasteiger partial charge in [0.2, 0.25) is 0 Å². The lowest BCUT2D eigenvalue weighted by Crippen LogP contribution is -2.08. The summed E-state index contributed by atoms with van der Waals surface area (Å²) in [6.45, 7) is 3.74. The number of hydrogen-bond acceptors (Lipinski definition) is 4. The van der Waals surface area contributed by atoms with Crippen LogP contribution in [0.1, 0.15) is 11.4 Å². The van der Waals surface area contributed by atoms with Crippen LogP contribution in [0.2, 0.25) is 0 Å². The predicted octanol–water partition coefficient (Wildman–Crippen LogP) is 2.66. The normalized spacial score (nSPS) is 11.0. The molecule has 18 heavy (non-hydrogen) atoms. The molecule has 4 nitrogen and oxygen atoms in total. The van der Waals surface area contributed by atoms with Gasteiger partial charge in [0, 0.05) is 22.8 Å². The molecule has 1 N–H and O–H groups in total. The van der Waals surface area contributed by atoms with E-state index in [9.17, 15) is 4.79 Å². The van der Waals surface area contributed by atoms with Crippen molar-refractivity contribution in [2.75, 3.05) is 0 Å². The lowest BCUT2D eigenvalue weighted by molar-refractivity contribution is 1.06. The first-order valence-electron chi connectivity index (χ1n) is 5.57. The Hall–Kier alpha value is -2.01. The molecule has 5 heteroatoms. The lowest BCUT2D eigenvalue weighted by atomic mass is 10.1. The van der Waals surface area contributed by atoms with Gasteiger partial charge in [-0.05, 0) is 25.5 Å². The van der Waals surface area contributed by atoms with Crippen LogP contribution in [0.4, 0.5) is 0 Å². The van der Waals surface area contributed by atoms with Gasteiger partial charge in [-0.2, -0.15) is 0 Å². The van der Waals surface area contributed by atoms with Crippen LogP contribution < -0.4 is 5.56 Å². The molecule has 0 amide bonds. The van der Waals surface area contributed by atoms with Gasteiger partial charge in [-0.15, -0.1) is 11.3 Å². The van der Waals surface area contributed by atoms with E-state index in [-0.39, 0.29) is 5.56 Å². The maximum atomic E-state index is 12.0. The third-order valence-corrected chi connectivity index (χ3v) is 4.08. The summed E-state index contributed by atoms with van der Waals surface area (Å²) in [5, 5.41) is 0.685. The standard InChI is InChI=1S/C13H11N3OS/c1-7-10-12(17)15-8(2)16-13(10)18-11(7)9-4-3-5-14-6-9/h3-6H,1-2H3,(H,15,16,17). The van der Waals surface area contributed by atoms with Crippen molar-refractivity contribution in [2.45, 2.75) is 13.8 Å². The highest BCUT2D eigenvalue weighted by Crippen LogP contribution is 2.34. The molecule has 3 heterocycles. The summed E-state index contributed by atoms with van der Waals surface area (Å²) in [5.41, 5.74) is 1.92. The van der Waals surface area contributed by atoms with E-state index >= 15 is 0 Å². The minimum absolute atomic E-state index is 0.0682. The van der Waals surface area contributed by atoms with Crippen LogP contribution in [0.25, 0.3) is 20.7 Å². The molecule has 0 saturated heterocycles. The molecule has 0 aliphatic rings. The van der Waals surface area contributed by atoms with E-state index in [1.807, 2.05) is 19.1 Å². The van der Waals surface area contributed by atoms with E-state index < -0.39 is 0 Å². The summed E-state index contributed by atoms with van der Waals surface area (Å²) in [6.07, 6.45) is 3.54. The maximum absolute atomic E-state index is 12.0. The van der Waals surface area contributed by atoms with Gasteiger partial charge in [0.25, 0.3) is 5.56 Å². The number of H-pyrrole nitrogens is 1. The summed E-state index contributed by atoms with van der Waals surface area (Å²) in [6, 6.07) is 3.88. The van der Waals surface area contributed by atoms with Crippen LogP contribution in [-0.4, -0.2) is 15.0 Å². The Morgan fingerprint density at radius 2 is 2.17 bits per heavy atom. The van der Waals surface area contributed by atoms with Gasteiger partial charge in [0.15, 0.2) is 0 Å². The molecule has 0 aliphatic heterocycles. The first kappa shape index (κ1) is 11.1.